The molecule has 0 saturated carbocycles. The molecule has 0 aliphatic carbocycles. The summed E-state index contributed by atoms with van der Waals surface area (Å²) >= 11 is 1.11. The molecule has 2 N–H and O–H groups in total. The van der Waals surface area contributed by atoms with Crippen LogP contribution in [0.5, 0.6) is 0 Å². The molecule has 0 fully saturated rings. The molecule has 0 heterocycles. The van der Waals surface area contributed by atoms with Crippen LogP contribution in [-0.2, 0) is 9.59 Å². The number of hydrogen-bond donors (Lipinski definition) is 2. The first-order chi connectivity index (χ1) is 8.74. The second-order valence-electron chi connectivity index (χ2n) is 4.90. The Morgan fingerprint density at radius 2 is 1.95 bits per heavy atom. The van der Waals surface area contributed by atoms with Crippen molar-refractivity contribution in [3.63, 3.8) is 0 Å². The molecule has 1 aromatic carbocycles. The Kier molecular flexibility index (Phi) is 5.00. The molecule has 0 aliphatic rings. The fourth-order valence-electron chi connectivity index (χ4n) is 1.38. The van der Waals surface area contributed by atoms with Crippen LogP contribution in [0.3, 0.4) is 0 Å². The van der Waals surface area contributed by atoms with Gasteiger partial charge in [-0.05, 0) is 44.9 Å². The van der Waals surface area contributed by atoms with Gasteiger partial charge in [0.15, 0.2) is 0 Å². The van der Waals surface area contributed by atoms with Crippen LogP contribution in [0.4, 0.5) is 5.69 Å². The Bertz CT molecular complexity index is 497. The monoisotopic (exact) mass is 281 g/mol. The van der Waals surface area contributed by atoms with Crippen molar-refractivity contribution in [3.05, 3.63) is 29.3 Å². The topological polar surface area (TPSA) is 66.4 Å². The lowest BCUT2D eigenvalue weighted by Gasteiger charge is -2.18. The van der Waals surface area contributed by atoms with Crippen molar-refractivity contribution < 1.29 is 14.7 Å². The van der Waals surface area contributed by atoms with E-state index in [1.54, 1.807) is 13.8 Å². The standard InChI is InChI=1S/C14H19NO3S/c1-9-6-5-7-11(10(9)2)15-12(16)8-19-14(3,4)13(17)18/h5-7H,8H2,1-4H3,(H,15,16)(H,17,18). The zero-order valence-electron chi connectivity index (χ0n) is 11.6. The molecule has 1 rings (SSSR count). The van der Waals surface area contributed by atoms with Crippen molar-refractivity contribution in [1.82, 2.24) is 0 Å². The van der Waals surface area contributed by atoms with Crippen LogP contribution in [0, 0.1) is 13.8 Å². The summed E-state index contributed by atoms with van der Waals surface area (Å²) in [5.41, 5.74) is 2.91. The predicted molar refractivity (Wildman–Crippen MR) is 78.7 cm³/mol. The Labute approximate surface area is 117 Å². The van der Waals surface area contributed by atoms with Gasteiger partial charge >= 0.3 is 5.97 Å². The van der Waals surface area contributed by atoms with Gasteiger partial charge < -0.3 is 10.4 Å². The molecule has 104 valence electrons. The number of thioether (sulfide) groups is 1. The Morgan fingerprint density at radius 1 is 1.32 bits per heavy atom. The van der Waals surface area contributed by atoms with Crippen LogP contribution in [-0.4, -0.2) is 27.5 Å². The number of benzene rings is 1. The molecule has 0 bridgehead atoms. The molecule has 1 amide bonds. The molecule has 0 unspecified atom stereocenters. The van der Waals surface area contributed by atoms with Gasteiger partial charge in [-0.1, -0.05) is 12.1 Å². The highest BCUT2D eigenvalue weighted by Crippen LogP contribution is 2.25. The van der Waals surface area contributed by atoms with E-state index in [0.717, 1.165) is 28.6 Å². The molecule has 0 radical (unpaired) electrons. The quantitative estimate of drug-likeness (QED) is 0.871. The summed E-state index contributed by atoms with van der Waals surface area (Å²) in [6.45, 7) is 7.10. The molecule has 19 heavy (non-hydrogen) atoms. The maximum absolute atomic E-state index is 11.8. The van der Waals surface area contributed by atoms with Gasteiger partial charge in [-0.25, -0.2) is 0 Å². The molecule has 0 atom stereocenters. The molecule has 0 aliphatic heterocycles. The number of aryl methyl sites for hydroxylation is 1. The van der Waals surface area contributed by atoms with E-state index >= 15 is 0 Å². The summed E-state index contributed by atoms with van der Waals surface area (Å²) in [6.07, 6.45) is 0. The number of carbonyl (C=O) groups is 2. The van der Waals surface area contributed by atoms with E-state index in [1.807, 2.05) is 32.0 Å². The molecule has 4 nitrogen and oxygen atoms in total. The van der Waals surface area contributed by atoms with Gasteiger partial charge in [0.05, 0.1) is 5.75 Å². The van der Waals surface area contributed by atoms with Gasteiger partial charge in [0.2, 0.25) is 5.91 Å². The highest BCUT2D eigenvalue weighted by atomic mass is 32.2. The number of aliphatic carboxylic acids is 1. The average Bonchev–Trinajstić information content (AvgIpc) is 2.32. The summed E-state index contributed by atoms with van der Waals surface area (Å²) in [4.78, 5) is 22.8. The zero-order chi connectivity index (χ0) is 14.6. The third kappa shape index (κ3) is 4.28. The van der Waals surface area contributed by atoms with Crippen molar-refractivity contribution in [2.24, 2.45) is 0 Å². The Morgan fingerprint density at radius 3 is 2.53 bits per heavy atom. The summed E-state index contributed by atoms with van der Waals surface area (Å²) < 4.78 is -0.959. The second-order valence-corrected chi connectivity index (χ2v) is 6.50. The minimum atomic E-state index is -0.959. The highest BCUT2D eigenvalue weighted by Gasteiger charge is 2.28. The minimum Gasteiger partial charge on any atom is -0.480 e. The fourth-order valence-corrected chi connectivity index (χ4v) is 2.07. The Hall–Kier alpha value is -1.49. The van der Waals surface area contributed by atoms with Crippen molar-refractivity contribution in [3.8, 4) is 0 Å². The van der Waals surface area contributed by atoms with Crippen molar-refractivity contribution in [1.29, 1.82) is 0 Å². The summed E-state index contributed by atoms with van der Waals surface area (Å²) in [5, 5.41) is 11.8. The van der Waals surface area contributed by atoms with E-state index in [9.17, 15) is 9.59 Å². The van der Waals surface area contributed by atoms with Crippen LogP contribution in [0.2, 0.25) is 0 Å². The van der Waals surface area contributed by atoms with Gasteiger partial charge in [-0.3, -0.25) is 9.59 Å². The maximum atomic E-state index is 11.8. The Balaban J connectivity index is 2.62. The number of carboxylic acids is 1. The number of nitrogens with one attached hydrogen (secondary N) is 1. The van der Waals surface area contributed by atoms with Crippen LogP contribution in [0.15, 0.2) is 18.2 Å². The van der Waals surface area contributed by atoms with E-state index < -0.39 is 10.7 Å². The molecular weight excluding hydrogens is 262 g/mol. The van der Waals surface area contributed by atoms with Crippen molar-refractivity contribution in [2.45, 2.75) is 32.4 Å². The summed E-state index contributed by atoms with van der Waals surface area (Å²) in [5.74, 6) is -0.989. The predicted octanol–water partition coefficient (Wildman–Crippen LogP) is 2.84. The average molecular weight is 281 g/mol. The molecule has 1 aromatic rings. The van der Waals surface area contributed by atoms with E-state index in [2.05, 4.69) is 5.32 Å². The van der Waals surface area contributed by atoms with E-state index in [0.29, 0.717) is 0 Å². The summed E-state index contributed by atoms with van der Waals surface area (Å²) in [6, 6.07) is 5.70. The maximum Gasteiger partial charge on any atom is 0.319 e. The summed E-state index contributed by atoms with van der Waals surface area (Å²) in [7, 11) is 0. The SMILES string of the molecule is Cc1cccc(NC(=O)CSC(C)(C)C(=O)O)c1C. The normalized spacial score (nSPS) is 11.2. The number of carboxylic acid groups (broad SMARTS) is 1. The van der Waals surface area contributed by atoms with Crippen LogP contribution in [0.1, 0.15) is 25.0 Å². The first-order valence-electron chi connectivity index (χ1n) is 5.97. The molecule has 5 heteroatoms. The van der Waals surface area contributed by atoms with Gasteiger partial charge in [0, 0.05) is 5.69 Å². The van der Waals surface area contributed by atoms with E-state index in [-0.39, 0.29) is 11.7 Å². The fraction of sp³-hybridized carbons (Fsp3) is 0.429. The minimum absolute atomic E-state index is 0.118. The molecular formula is C14H19NO3S. The smallest absolute Gasteiger partial charge is 0.319 e. The lowest BCUT2D eigenvalue weighted by molar-refractivity contribution is -0.138. The molecule has 0 saturated heterocycles. The number of carbonyl (C=O) groups excluding carboxylic acids is 1. The number of rotatable bonds is 5. The zero-order valence-corrected chi connectivity index (χ0v) is 12.4. The van der Waals surface area contributed by atoms with Crippen LogP contribution >= 0.6 is 11.8 Å². The highest BCUT2D eigenvalue weighted by molar-refractivity contribution is 8.02. The number of hydrogen-bond acceptors (Lipinski definition) is 3. The van der Waals surface area contributed by atoms with Gasteiger partial charge in [-0.15, -0.1) is 11.8 Å². The molecule has 0 aromatic heterocycles. The third-order valence-corrected chi connectivity index (χ3v) is 4.26. The van der Waals surface area contributed by atoms with E-state index in [4.69, 9.17) is 5.11 Å². The van der Waals surface area contributed by atoms with Gasteiger partial charge in [0.1, 0.15) is 4.75 Å². The third-order valence-electron chi connectivity index (χ3n) is 2.96. The largest absolute Gasteiger partial charge is 0.480 e. The molecule has 0 spiro atoms. The second kappa shape index (κ2) is 6.10. The van der Waals surface area contributed by atoms with Crippen molar-refractivity contribution in [2.75, 3.05) is 11.1 Å². The first-order valence-corrected chi connectivity index (χ1v) is 6.96. The van der Waals surface area contributed by atoms with Gasteiger partial charge in [0.25, 0.3) is 0 Å². The van der Waals surface area contributed by atoms with E-state index in [1.165, 1.54) is 0 Å². The lowest BCUT2D eigenvalue weighted by Crippen LogP contribution is -2.29. The number of amides is 1. The number of anilines is 1. The van der Waals surface area contributed by atoms with Crippen molar-refractivity contribution >= 4 is 29.3 Å². The van der Waals surface area contributed by atoms with Gasteiger partial charge in [-0.2, -0.15) is 0 Å². The first kappa shape index (κ1) is 15.6. The van der Waals surface area contributed by atoms with Crippen LogP contribution in [0.25, 0.3) is 0 Å². The van der Waals surface area contributed by atoms with Crippen LogP contribution < -0.4 is 5.32 Å². The lowest BCUT2D eigenvalue weighted by atomic mass is 10.1.